The topological polar surface area (TPSA) is 68.6 Å². The molecule has 4 heteroatoms. The average molecular weight is 269 g/mol. The zero-order valence-corrected chi connectivity index (χ0v) is 10.9. The van der Waals surface area contributed by atoms with Crippen molar-refractivity contribution < 1.29 is 14.3 Å². The van der Waals surface area contributed by atoms with E-state index in [9.17, 15) is 5.11 Å². The van der Waals surface area contributed by atoms with Gasteiger partial charge in [-0.05, 0) is 42.0 Å². The quantitative estimate of drug-likeness (QED) is 0.763. The minimum atomic E-state index is 0.221. The molecule has 0 bridgehead atoms. The van der Waals surface area contributed by atoms with Crippen molar-refractivity contribution in [2.45, 2.75) is 13.2 Å². The second-order valence-corrected chi connectivity index (χ2v) is 4.58. The lowest BCUT2D eigenvalue weighted by molar-refractivity contribution is 0.305. The van der Waals surface area contributed by atoms with Gasteiger partial charge in [0.25, 0.3) is 0 Å². The van der Waals surface area contributed by atoms with Crippen LogP contribution in [-0.2, 0) is 13.2 Å². The van der Waals surface area contributed by atoms with E-state index in [1.54, 1.807) is 30.5 Å². The van der Waals surface area contributed by atoms with Crippen LogP contribution in [0.25, 0.3) is 11.0 Å². The van der Waals surface area contributed by atoms with Crippen molar-refractivity contribution in [1.82, 2.24) is 0 Å². The molecule has 0 amide bonds. The van der Waals surface area contributed by atoms with Gasteiger partial charge in [0.1, 0.15) is 23.7 Å². The van der Waals surface area contributed by atoms with Crippen molar-refractivity contribution in [3.8, 4) is 11.5 Å². The highest BCUT2D eigenvalue weighted by molar-refractivity contribution is 5.81. The Kier molecular flexibility index (Phi) is 3.31. The van der Waals surface area contributed by atoms with Crippen LogP contribution in [0, 0.1) is 0 Å². The molecular formula is C16H15NO3. The number of phenolic OH excluding ortho intramolecular Hbond substituents is 1. The Labute approximate surface area is 116 Å². The smallest absolute Gasteiger partial charge is 0.134 e. The van der Waals surface area contributed by atoms with Gasteiger partial charge in [-0.3, -0.25) is 0 Å². The van der Waals surface area contributed by atoms with Crippen LogP contribution >= 0.6 is 0 Å². The lowest BCUT2D eigenvalue weighted by Crippen LogP contribution is -1.97. The standard InChI is InChI=1S/C16H15NO3/c17-8-11-1-6-16-15(7-11)12(10-20-16)9-19-14-4-2-13(18)3-5-14/h1-7,10,18H,8-9,17H2. The summed E-state index contributed by atoms with van der Waals surface area (Å²) in [6.07, 6.45) is 1.70. The van der Waals surface area contributed by atoms with Gasteiger partial charge >= 0.3 is 0 Å². The molecule has 2 aromatic carbocycles. The van der Waals surface area contributed by atoms with E-state index in [0.717, 1.165) is 22.1 Å². The van der Waals surface area contributed by atoms with Gasteiger partial charge in [-0.15, -0.1) is 0 Å². The molecule has 1 aromatic heterocycles. The number of hydrogen-bond donors (Lipinski definition) is 2. The predicted octanol–water partition coefficient (Wildman–Crippen LogP) is 3.18. The van der Waals surface area contributed by atoms with E-state index in [2.05, 4.69) is 0 Å². The minimum Gasteiger partial charge on any atom is -0.508 e. The fourth-order valence-corrected chi connectivity index (χ4v) is 2.07. The summed E-state index contributed by atoms with van der Waals surface area (Å²) in [5, 5.41) is 10.2. The van der Waals surface area contributed by atoms with Gasteiger partial charge in [-0.1, -0.05) is 6.07 Å². The van der Waals surface area contributed by atoms with Gasteiger partial charge in [-0.2, -0.15) is 0 Å². The average Bonchev–Trinajstić information content (AvgIpc) is 2.89. The number of aromatic hydroxyl groups is 1. The summed E-state index contributed by atoms with van der Waals surface area (Å²) >= 11 is 0. The molecule has 0 radical (unpaired) electrons. The highest BCUT2D eigenvalue weighted by Gasteiger charge is 2.07. The fraction of sp³-hybridized carbons (Fsp3) is 0.125. The van der Waals surface area contributed by atoms with E-state index in [0.29, 0.717) is 18.9 Å². The van der Waals surface area contributed by atoms with Gasteiger partial charge in [0, 0.05) is 17.5 Å². The first-order chi connectivity index (χ1) is 9.76. The fourth-order valence-electron chi connectivity index (χ4n) is 2.07. The monoisotopic (exact) mass is 269 g/mol. The second-order valence-electron chi connectivity index (χ2n) is 4.58. The van der Waals surface area contributed by atoms with E-state index < -0.39 is 0 Å². The number of furan rings is 1. The van der Waals surface area contributed by atoms with Gasteiger partial charge in [0.15, 0.2) is 0 Å². The zero-order chi connectivity index (χ0) is 13.9. The van der Waals surface area contributed by atoms with Crippen LogP contribution in [0.3, 0.4) is 0 Å². The summed E-state index contributed by atoms with van der Waals surface area (Å²) in [6, 6.07) is 12.5. The third-order valence-corrected chi connectivity index (χ3v) is 3.18. The highest BCUT2D eigenvalue weighted by atomic mass is 16.5. The van der Waals surface area contributed by atoms with Crippen LogP contribution in [-0.4, -0.2) is 5.11 Å². The van der Waals surface area contributed by atoms with E-state index in [4.69, 9.17) is 14.9 Å². The van der Waals surface area contributed by atoms with Crippen LogP contribution in [0.2, 0.25) is 0 Å². The number of hydrogen-bond acceptors (Lipinski definition) is 4. The molecule has 1 heterocycles. The van der Waals surface area contributed by atoms with Crippen LogP contribution in [0.5, 0.6) is 11.5 Å². The second kappa shape index (κ2) is 5.27. The van der Waals surface area contributed by atoms with Crippen molar-refractivity contribution in [2.24, 2.45) is 5.73 Å². The van der Waals surface area contributed by atoms with Crippen molar-refractivity contribution in [2.75, 3.05) is 0 Å². The normalized spacial score (nSPS) is 10.8. The molecule has 3 rings (SSSR count). The predicted molar refractivity (Wildman–Crippen MR) is 76.5 cm³/mol. The lowest BCUT2D eigenvalue weighted by Gasteiger charge is -2.05. The van der Waals surface area contributed by atoms with E-state index in [1.807, 2.05) is 18.2 Å². The van der Waals surface area contributed by atoms with Gasteiger partial charge < -0.3 is 20.0 Å². The van der Waals surface area contributed by atoms with Gasteiger partial charge in [0.05, 0.1) is 6.26 Å². The molecule has 0 fully saturated rings. The number of fused-ring (bicyclic) bond motifs is 1. The Balaban J connectivity index is 1.81. The van der Waals surface area contributed by atoms with Gasteiger partial charge in [0.2, 0.25) is 0 Å². The molecule has 0 aliphatic rings. The first kappa shape index (κ1) is 12.6. The SMILES string of the molecule is NCc1ccc2occ(COc3ccc(O)cc3)c2c1. The number of phenols is 1. The van der Waals surface area contributed by atoms with E-state index in [-0.39, 0.29) is 5.75 Å². The summed E-state index contributed by atoms with van der Waals surface area (Å²) in [5.74, 6) is 0.922. The summed E-state index contributed by atoms with van der Waals surface area (Å²) in [4.78, 5) is 0. The Morgan fingerprint density at radius 1 is 1.10 bits per heavy atom. The van der Waals surface area contributed by atoms with Gasteiger partial charge in [-0.25, -0.2) is 0 Å². The Bertz CT molecular complexity index is 716. The third-order valence-electron chi connectivity index (χ3n) is 3.18. The van der Waals surface area contributed by atoms with E-state index >= 15 is 0 Å². The van der Waals surface area contributed by atoms with Crippen molar-refractivity contribution in [3.63, 3.8) is 0 Å². The lowest BCUT2D eigenvalue weighted by atomic mass is 10.1. The van der Waals surface area contributed by atoms with Crippen LogP contribution in [0.15, 0.2) is 53.1 Å². The molecule has 3 N–H and O–H groups in total. The maximum atomic E-state index is 9.23. The van der Waals surface area contributed by atoms with Crippen LogP contribution < -0.4 is 10.5 Å². The number of rotatable bonds is 4. The van der Waals surface area contributed by atoms with E-state index in [1.165, 1.54) is 0 Å². The molecule has 102 valence electrons. The largest absolute Gasteiger partial charge is 0.508 e. The summed E-state index contributed by atoms with van der Waals surface area (Å²) in [5.41, 5.74) is 8.51. The molecule has 0 saturated carbocycles. The first-order valence-electron chi connectivity index (χ1n) is 6.37. The minimum absolute atomic E-state index is 0.221. The Morgan fingerprint density at radius 3 is 2.65 bits per heavy atom. The molecule has 4 nitrogen and oxygen atoms in total. The first-order valence-corrected chi connectivity index (χ1v) is 6.37. The molecule has 0 aliphatic heterocycles. The maximum absolute atomic E-state index is 9.23. The molecule has 0 saturated heterocycles. The summed E-state index contributed by atoms with van der Waals surface area (Å²) < 4.78 is 11.2. The molecular weight excluding hydrogens is 254 g/mol. The molecule has 0 spiro atoms. The Morgan fingerprint density at radius 2 is 1.90 bits per heavy atom. The third kappa shape index (κ3) is 2.46. The van der Waals surface area contributed by atoms with Crippen molar-refractivity contribution in [3.05, 3.63) is 59.9 Å². The molecule has 3 aromatic rings. The summed E-state index contributed by atoms with van der Waals surface area (Å²) in [7, 11) is 0. The number of benzene rings is 2. The molecule has 0 unspecified atom stereocenters. The molecule has 0 atom stereocenters. The highest BCUT2D eigenvalue weighted by Crippen LogP contribution is 2.24. The number of nitrogens with two attached hydrogens (primary N) is 1. The van der Waals surface area contributed by atoms with Crippen LogP contribution in [0.4, 0.5) is 0 Å². The maximum Gasteiger partial charge on any atom is 0.134 e. The zero-order valence-electron chi connectivity index (χ0n) is 10.9. The molecule has 20 heavy (non-hydrogen) atoms. The van der Waals surface area contributed by atoms with Crippen molar-refractivity contribution >= 4 is 11.0 Å². The molecule has 0 aliphatic carbocycles. The van der Waals surface area contributed by atoms with Crippen molar-refractivity contribution in [1.29, 1.82) is 0 Å². The number of ether oxygens (including phenoxy) is 1. The summed E-state index contributed by atoms with van der Waals surface area (Å²) in [6.45, 7) is 0.908. The Hall–Kier alpha value is -2.46. The van der Waals surface area contributed by atoms with Crippen LogP contribution in [0.1, 0.15) is 11.1 Å².